The Kier molecular flexibility index (Phi) is 2.53. The Morgan fingerprint density at radius 2 is 2.21 bits per heavy atom. The summed E-state index contributed by atoms with van der Waals surface area (Å²) in [6.45, 7) is 2.10. The van der Waals surface area contributed by atoms with Crippen molar-refractivity contribution in [3.8, 4) is 0 Å². The van der Waals surface area contributed by atoms with E-state index in [1.807, 2.05) is 12.1 Å². The lowest BCUT2D eigenvalue weighted by Crippen LogP contribution is -2.29. The van der Waals surface area contributed by atoms with Gasteiger partial charge in [0.2, 0.25) is 0 Å². The zero-order chi connectivity index (χ0) is 13.6. The molecule has 1 aromatic heterocycles. The topological polar surface area (TPSA) is 92.1 Å². The Morgan fingerprint density at radius 3 is 2.89 bits per heavy atom. The quantitative estimate of drug-likeness (QED) is 0.803. The SMILES string of the molecule is Cc1[nH]ncc1S(=O)(=O)N1CCc2cccc(N)c21. The van der Waals surface area contributed by atoms with E-state index >= 15 is 0 Å². The summed E-state index contributed by atoms with van der Waals surface area (Å²) < 4.78 is 26.7. The Morgan fingerprint density at radius 1 is 1.42 bits per heavy atom. The molecule has 100 valence electrons. The highest BCUT2D eigenvalue weighted by Gasteiger charge is 2.33. The first-order valence-corrected chi connectivity index (χ1v) is 7.36. The number of nitrogens with one attached hydrogen (secondary N) is 1. The Bertz CT molecular complexity index is 736. The van der Waals surface area contributed by atoms with Gasteiger partial charge >= 0.3 is 0 Å². The molecule has 6 nitrogen and oxygen atoms in total. The van der Waals surface area contributed by atoms with E-state index in [4.69, 9.17) is 5.73 Å². The van der Waals surface area contributed by atoms with E-state index in [1.165, 1.54) is 10.5 Å². The number of H-pyrrole nitrogens is 1. The molecule has 1 aliphatic heterocycles. The van der Waals surface area contributed by atoms with E-state index in [-0.39, 0.29) is 4.90 Å². The van der Waals surface area contributed by atoms with Crippen molar-refractivity contribution in [1.82, 2.24) is 10.2 Å². The zero-order valence-corrected chi connectivity index (χ0v) is 11.2. The fraction of sp³-hybridized carbons (Fsp3) is 0.250. The van der Waals surface area contributed by atoms with Crippen LogP contribution in [-0.2, 0) is 16.4 Å². The number of hydrogen-bond donors (Lipinski definition) is 2. The number of rotatable bonds is 2. The number of aromatic nitrogens is 2. The summed E-state index contributed by atoms with van der Waals surface area (Å²) in [5.74, 6) is 0. The maximum absolute atomic E-state index is 12.6. The third-order valence-corrected chi connectivity index (χ3v) is 5.25. The first-order chi connectivity index (χ1) is 9.01. The number of aryl methyl sites for hydroxylation is 1. The number of benzene rings is 1. The summed E-state index contributed by atoms with van der Waals surface area (Å²) in [5.41, 5.74) is 8.50. The van der Waals surface area contributed by atoms with Gasteiger partial charge in [-0.15, -0.1) is 0 Å². The van der Waals surface area contributed by atoms with Gasteiger partial charge in [-0.3, -0.25) is 9.40 Å². The molecule has 0 spiro atoms. The van der Waals surface area contributed by atoms with Gasteiger partial charge in [0.25, 0.3) is 10.0 Å². The highest BCUT2D eigenvalue weighted by molar-refractivity contribution is 7.93. The van der Waals surface area contributed by atoms with Crippen molar-refractivity contribution in [3.05, 3.63) is 35.7 Å². The van der Waals surface area contributed by atoms with E-state index < -0.39 is 10.0 Å². The molecule has 0 amide bonds. The number of para-hydroxylation sites is 1. The van der Waals surface area contributed by atoms with Gasteiger partial charge in [0.1, 0.15) is 4.90 Å². The minimum absolute atomic E-state index is 0.198. The molecule has 0 fully saturated rings. The first kappa shape index (κ1) is 12.0. The molecule has 0 unspecified atom stereocenters. The highest BCUT2D eigenvalue weighted by atomic mass is 32.2. The maximum atomic E-state index is 12.6. The fourth-order valence-electron chi connectivity index (χ4n) is 2.41. The normalized spacial score (nSPS) is 14.7. The van der Waals surface area contributed by atoms with Crippen LogP contribution in [0, 0.1) is 6.92 Å². The van der Waals surface area contributed by atoms with E-state index in [0.717, 1.165) is 5.56 Å². The number of nitrogens with two attached hydrogens (primary N) is 1. The van der Waals surface area contributed by atoms with Gasteiger partial charge in [-0.25, -0.2) is 8.42 Å². The molecule has 7 heteroatoms. The second-order valence-corrected chi connectivity index (χ2v) is 6.37. The predicted molar refractivity (Wildman–Crippen MR) is 72.4 cm³/mol. The number of nitrogens with zero attached hydrogens (tertiary/aromatic N) is 2. The maximum Gasteiger partial charge on any atom is 0.267 e. The molecule has 0 radical (unpaired) electrons. The molecular weight excluding hydrogens is 264 g/mol. The van der Waals surface area contributed by atoms with Gasteiger partial charge in [0.15, 0.2) is 0 Å². The number of aromatic amines is 1. The van der Waals surface area contributed by atoms with Gasteiger partial charge in [-0.2, -0.15) is 5.10 Å². The lowest BCUT2D eigenvalue weighted by Gasteiger charge is -2.20. The molecule has 0 atom stereocenters. The minimum Gasteiger partial charge on any atom is -0.397 e. The van der Waals surface area contributed by atoms with Gasteiger partial charge in [0, 0.05) is 6.54 Å². The summed E-state index contributed by atoms with van der Waals surface area (Å²) in [5, 5.41) is 6.43. The predicted octanol–water partition coefficient (Wildman–Crippen LogP) is 1.05. The first-order valence-electron chi connectivity index (χ1n) is 5.92. The fourth-order valence-corrected chi connectivity index (χ4v) is 4.06. The molecule has 0 saturated carbocycles. The van der Waals surface area contributed by atoms with Crippen LogP contribution in [-0.4, -0.2) is 25.2 Å². The number of fused-ring (bicyclic) bond motifs is 1. The van der Waals surface area contributed by atoms with Gasteiger partial charge < -0.3 is 5.73 Å². The second kappa shape index (κ2) is 3.99. The third-order valence-electron chi connectivity index (χ3n) is 3.34. The van der Waals surface area contributed by atoms with Crippen LogP contribution in [0.3, 0.4) is 0 Å². The van der Waals surface area contributed by atoms with Crippen LogP contribution in [0.4, 0.5) is 11.4 Å². The van der Waals surface area contributed by atoms with Crippen LogP contribution in [0.25, 0.3) is 0 Å². The average Bonchev–Trinajstić information content (AvgIpc) is 2.96. The van der Waals surface area contributed by atoms with Crippen molar-refractivity contribution in [1.29, 1.82) is 0 Å². The lowest BCUT2D eigenvalue weighted by molar-refractivity contribution is 0.592. The average molecular weight is 278 g/mol. The van der Waals surface area contributed by atoms with Crippen LogP contribution < -0.4 is 10.0 Å². The summed E-state index contributed by atoms with van der Waals surface area (Å²) >= 11 is 0. The number of sulfonamides is 1. The van der Waals surface area contributed by atoms with Gasteiger partial charge in [-0.05, 0) is 25.0 Å². The van der Waals surface area contributed by atoms with Crippen LogP contribution in [0.15, 0.2) is 29.3 Å². The smallest absolute Gasteiger partial charge is 0.267 e. The zero-order valence-electron chi connectivity index (χ0n) is 10.4. The lowest BCUT2D eigenvalue weighted by atomic mass is 10.1. The van der Waals surface area contributed by atoms with Crippen LogP contribution >= 0.6 is 0 Å². The van der Waals surface area contributed by atoms with E-state index in [0.29, 0.717) is 30.0 Å². The van der Waals surface area contributed by atoms with Crippen molar-refractivity contribution in [2.75, 3.05) is 16.6 Å². The molecule has 2 aromatic rings. The molecule has 1 aliphatic rings. The van der Waals surface area contributed by atoms with Crippen molar-refractivity contribution < 1.29 is 8.42 Å². The molecule has 0 aliphatic carbocycles. The van der Waals surface area contributed by atoms with E-state index in [2.05, 4.69) is 10.2 Å². The number of anilines is 2. The molecule has 3 rings (SSSR count). The highest BCUT2D eigenvalue weighted by Crippen LogP contribution is 2.37. The molecule has 0 bridgehead atoms. The van der Waals surface area contributed by atoms with Crippen molar-refractivity contribution in [3.63, 3.8) is 0 Å². The van der Waals surface area contributed by atoms with Crippen LogP contribution in [0.2, 0.25) is 0 Å². The standard InChI is InChI=1S/C12H14N4O2S/c1-8-11(7-14-15-8)19(17,18)16-6-5-9-3-2-4-10(13)12(9)16/h2-4,7H,5-6,13H2,1H3,(H,14,15). The summed E-state index contributed by atoms with van der Waals surface area (Å²) in [7, 11) is -3.60. The molecule has 2 heterocycles. The molecular formula is C12H14N4O2S. The Hall–Kier alpha value is -2.02. The number of hydrogen-bond acceptors (Lipinski definition) is 4. The van der Waals surface area contributed by atoms with E-state index in [1.54, 1.807) is 13.0 Å². The molecule has 19 heavy (non-hydrogen) atoms. The van der Waals surface area contributed by atoms with Gasteiger partial charge in [0.05, 0.1) is 23.3 Å². The third kappa shape index (κ3) is 1.69. The molecule has 3 N–H and O–H groups in total. The molecule has 0 saturated heterocycles. The number of nitrogen functional groups attached to an aromatic ring is 1. The summed E-state index contributed by atoms with van der Waals surface area (Å²) in [4.78, 5) is 0.198. The van der Waals surface area contributed by atoms with Crippen LogP contribution in [0.5, 0.6) is 0 Å². The summed E-state index contributed by atoms with van der Waals surface area (Å²) in [6.07, 6.45) is 2.01. The second-order valence-electron chi connectivity index (χ2n) is 4.54. The monoisotopic (exact) mass is 278 g/mol. The van der Waals surface area contributed by atoms with E-state index in [9.17, 15) is 8.42 Å². The van der Waals surface area contributed by atoms with Crippen molar-refractivity contribution in [2.45, 2.75) is 18.2 Å². The Balaban J connectivity index is 2.15. The Labute approximate surface area is 111 Å². The van der Waals surface area contributed by atoms with Crippen molar-refractivity contribution in [2.24, 2.45) is 0 Å². The van der Waals surface area contributed by atoms with Gasteiger partial charge in [-0.1, -0.05) is 12.1 Å². The molecule has 1 aromatic carbocycles. The summed E-state index contributed by atoms with van der Waals surface area (Å²) in [6, 6.07) is 5.46. The minimum atomic E-state index is -3.60. The van der Waals surface area contributed by atoms with Crippen molar-refractivity contribution >= 4 is 21.4 Å². The van der Waals surface area contributed by atoms with Crippen LogP contribution in [0.1, 0.15) is 11.3 Å². The largest absolute Gasteiger partial charge is 0.397 e.